The summed E-state index contributed by atoms with van der Waals surface area (Å²) in [5.74, 6) is -4.18. The number of benzene rings is 1. The van der Waals surface area contributed by atoms with Gasteiger partial charge in [-0.2, -0.15) is 13.2 Å². The number of hydrogen-bond acceptors (Lipinski definition) is 7. The van der Waals surface area contributed by atoms with Crippen LogP contribution in [0.25, 0.3) is 11.5 Å². The van der Waals surface area contributed by atoms with Crippen LogP contribution in [0.15, 0.2) is 35.3 Å². The van der Waals surface area contributed by atoms with Gasteiger partial charge in [0.15, 0.2) is 11.5 Å². The quantitative estimate of drug-likeness (QED) is 0.296. The number of H-pyrrole nitrogens is 1. The number of nitrogens with one attached hydrogen (secondary N) is 1. The Morgan fingerprint density at radius 1 is 1.09 bits per heavy atom. The number of fused-ring (bicyclic) bond motifs is 2. The van der Waals surface area contributed by atoms with Crippen molar-refractivity contribution >= 4 is 17.8 Å². The van der Waals surface area contributed by atoms with Crippen molar-refractivity contribution in [2.75, 3.05) is 21.1 Å². The van der Waals surface area contributed by atoms with E-state index < -0.39 is 40.8 Å². The van der Waals surface area contributed by atoms with Crippen molar-refractivity contribution < 1.29 is 42.2 Å². The Morgan fingerprint density at radius 2 is 1.68 bits per heavy atom. The second kappa shape index (κ2) is 12.1. The van der Waals surface area contributed by atoms with Crippen LogP contribution in [0.3, 0.4) is 0 Å². The Labute approximate surface area is 248 Å². The van der Waals surface area contributed by atoms with Crippen LogP contribution in [0.4, 0.5) is 17.6 Å². The molecule has 1 fully saturated rings. The highest BCUT2D eigenvalue weighted by molar-refractivity contribution is 6.34. The number of nitrogens with zero attached hydrogens (tertiary/aromatic N) is 5. The number of aromatic amines is 1. The monoisotopic (exact) mass is 622 g/mol. The van der Waals surface area contributed by atoms with Gasteiger partial charge in [-0.05, 0) is 49.3 Å². The number of aromatic hydroxyl groups is 1. The van der Waals surface area contributed by atoms with Crippen molar-refractivity contribution in [3.05, 3.63) is 63.7 Å². The first-order valence-corrected chi connectivity index (χ1v) is 13.5. The highest BCUT2D eigenvalue weighted by Crippen LogP contribution is 2.47. The standard InChI is InChI=1S/C26H29FN6O4.C2HF3O2/c1-31(2)23(36)24(37)32(3)26-10-8-16(9-11-26)14-33-22(35)20(34)19(30-25(26)33)21-28-13-18(29-21)12-15-4-6-17(27)7-5-15;3-2(4,5)1(6)7/h4-7,13,16,34H,8-12,14H2,1-3H3,(H,28,29);(H,6,7). The molecule has 2 amide bonds. The molecule has 0 unspecified atom stereocenters. The Kier molecular flexibility index (Phi) is 8.83. The predicted octanol–water partition coefficient (Wildman–Crippen LogP) is 2.65. The fourth-order valence-corrected chi connectivity index (χ4v) is 5.46. The molecule has 1 aromatic carbocycles. The van der Waals surface area contributed by atoms with Crippen molar-refractivity contribution in [3.63, 3.8) is 0 Å². The van der Waals surface area contributed by atoms with E-state index in [-0.39, 0.29) is 23.3 Å². The Balaban J connectivity index is 0.000000566. The summed E-state index contributed by atoms with van der Waals surface area (Å²) < 4.78 is 46.4. The van der Waals surface area contributed by atoms with Crippen molar-refractivity contribution in [2.45, 2.75) is 50.4 Å². The average Bonchev–Trinajstić information content (AvgIpc) is 3.30. The number of carbonyl (C=O) groups is 3. The second-order valence-electron chi connectivity index (χ2n) is 11.0. The molecule has 2 bridgehead atoms. The Bertz CT molecular complexity index is 1620. The van der Waals surface area contributed by atoms with E-state index in [1.54, 1.807) is 25.4 Å². The van der Waals surface area contributed by atoms with Crippen LogP contribution in [0, 0.1) is 11.7 Å². The minimum absolute atomic E-state index is 0.00823. The zero-order chi connectivity index (χ0) is 32.6. The number of rotatable bonds is 4. The van der Waals surface area contributed by atoms with E-state index in [4.69, 9.17) is 14.9 Å². The summed E-state index contributed by atoms with van der Waals surface area (Å²) in [6, 6.07) is 6.09. The van der Waals surface area contributed by atoms with Gasteiger partial charge in [0, 0.05) is 46.0 Å². The molecule has 6 rings (SSSR count). The lowest BCUT2D eigenvalue weighted by molar-refractivity contribution is -0.192. The molecule has 0 spiro atoms. The molecule has 0 atom stereocenters. The number of carbonyl (C=O) groups excluding carboxylic acids is 2. The second-order valence-corrected chi connectivity index (χ2v) is 11.0. The lowest BCUT2D eigenvalue weighted by atomic mass is 9.76. The number of aromatic nitrogens is 4. The maximum atomic E-state index is 13.4. The van der Waals surface area contributed by atoms with Crippen molar-refractivity contribution in [2.24, 2.45) is 5.92 Å². The zero-order valence-electron chi connectivity index (χ0n) is 24.0. The van der Waals surface area contributed by atoms with E-state index in [1.807, 2.05) is 0 Å². The molecule has 3 aromatic rings. The largest absolute Gasteiger partial charge is 0.501 e. The van der Waals surface area contributed by atoms with E-state index in [0.29, 0.717) is 37.3 Å². The van der Waals surface area contributed by atoms with Crippen LogP contribution in [0.2, 0.25) is 0 Å². The van der Waals surface area contributed by atoms with E-state index in [2.05, 4.69) is 9.97 Å². The maximum Gasteiger partial charge on any atom is 0.490 e. The number of amides is 2. The molecule has 0 radical (unpaired) electrons. The number of imidazole rings is 1. The summed E-state index contributed by atoms with van der Waals surface area (Å²) in [6.45, 7) is 0.383. The normalized spacial score (nSPS) is 18.8. The summed E-state index contributed by atoms with van der Waals surface area (Å²) in [4.78, 5) is 62.8. The van der Waals surface area contributed by atoms with Gasteiger partial charge in [0.2, 0.25) is 5.75 Å². The summed E-state index contributed by atoms with van der Waals surface area (Å²) in [6.07, 6.45) is -0.454. The summed E-state index contributed by atoms with van der Waals surface area (Å²) in [7, 11) is 4.61. The van der Waals surface area contributed by atoms with Crippen LogP contribution in [0.1, 0.15) is 42.8 Å². The molecular formula is C28H30F4N6O6. The van der Waals surface area contributed by atoms with E-state index >= 15 is 0 Å². The summed E-state index contributed by atoms with van der Waals surface area (Å²) >= 11 is 0. The van der Waals surface area contributed by atoms with Crippen LogP contribution in [-0.2, 0) is 32.9 Å². The molecular weight excluding hydrogens is 592 g/mol. The Hall–Kier alpha value is -4.76. The van der Waals surface area contributed by atoms with Crippen LogP contribution < -0.4 is 5.56 Å². The minimum atomic E-state index is -5.08. The molecule has 236 valence electrons. The smallest absolute Gasteiger partial charge is 0.490 e. The SMILES string of the molecule is CN(C)C(=O)C(=O)N(C)C12CCC(CC1)Cn1c2nc(-c2ncc(Cc3ccc(F)cc3)[nH]2)c(O)c1=O.O=C(O)C(F)(F)F. The van der Waals surface area contributed by atoms with Gasteiger partial charge in [-0.3, -0.25) is 19.0 Å². The molecule has 3 N–H and O–H groups in total. The number of carboxylic acids is 1. The van der Waals surface area contributed by atoms with Gasteiger partial charge in [-0.1, -0.05) is 12.1 Å². The first-order valence-electron chi connectivity index (χ1n) is 13.5. The molecule has 2 aliphatic heterocycles. The van der Waals surface area contributed by atoms with Gasteiger partial charge in [0.1, 0.15) is 17.2 Å². The van der Waals surface area contributed by atoms with Crippen molar-refractivity contribution in [1.82, 2.24) is 29.3 Å². The molecule has 16 heteroatoms. The van der Waals surface area contributed by atoms with Gasteiger partial charge in [-0.15, -0.1) is 0 Å². The number of carboxylic acid groups (broad SMARTS) is 1. The lowest BCUT2D eigenvalue weighted by Gasteiger charge is -2.43. The molecule has 4 heterocycles. The number of halogens is 4. The molecule has 1 saturated carbocycles. The topological polar surface area (TPSA) is 162 Å². The Morgan fingerprint density at radius 3 is 2.23 bits per heavy atom. The number of hydrogen-bond donors (Lipinski definition) is 3. The van der Waals surface area contributed by atoms with Crippen molar-refractivity contribution in [1.29, 1.82) is 0 Å². The highest BCUT2D eigenvalue weighted by Gasteiger charge is 2.50. The summed E-state index contributed by atoms with van der Waals surface area (Å²) in [5.41, 5.74) is -0.0312. The third-order valence-corrected chi connectivity index (χ3v) is 7.87. The van der Waals surface area contributed by atoms with Crippen LogP contribution >= 0.6 is 0 Å². The molecule has 1 aliphatic carbocycles. The molecule has 44 heavy (non-hydrogen) atoms. The fraction of sp³-hybridized carbons (Fsp3) is 0.429. The molecule has 12 nitrogen and oxygen atoms in total. The third-order valence-electron chi connectivity index (χ3n) is 7.87. The number of likely N-dealkylation sites (N-methyl/N-ethyl adjacent to an activating group) is 2. The fourth-order valence-electron chi connectivity index (χ4n) is 5.46. The van der Waals surface area contributed by atoms with E-state index in [9.17, 15) is 37.1 Å². The average molecular weight is 623 g/mol. The highest BCUT2D eigenvalue weighted by atomic mass is 19.4. The molecule has 0 saturated heterocycles. The van der Waals surface area contributed by atoms with Gasteiger partial charge in [0.25, 0.3) is 5.56 Å². The van der Waals surface area contributed by atoms with Gasteiger partial charge < -0.3 is 25.0 Å². The number of aliphatic carboxylic acids is 1. The molecule has 2 aromatic heterocycles. The maximum absolute atomic E-state index is 13.4. The van der Waals surface area contributed by atoms with Gasteiger partial charge in [-0.25, -0.2) is 19.2 Å². The zero-order valence-corrected chi connectivity index (χ0v) is 24.0. The summed E-state index contributed by atoms with van der Waals surface area (Å²) in [5, 5.41) is 18.0. The van der Waals surface area contributed by atoms with E-state index in [0.717, 1.165) is 18.4 Å². The first kappa shape index (κ1) is 32.2. The predicted molar refractivity (Wildman–Crippen MR) is 146 cm³/mol. The van der Waals surface area contributed by atoms with Gasteiger partial charge >= 0.3 is 24.0 Å². The first-order chi connectivity index (χ1) is 20.5. The van der Waals surface area contributed by atoms with Crippen LogP contribution in [0.5, 0.6) is 5.75 Å². The van der Waals surface area contributed by atoms with Crippen LogP contribution in [-0.4, -0.2) is 84.6 Å². The van der Waals surface area contributed by atoms with E-state index in [1.165, 1.54) is 40.6 Å². The lowest BCUT2D eigenvalue weighted by Crippen LogP contribution is -2.54. The van der Waals surface area contributed by atoms with Crippen molar-refractivity contribution in [3.8, 4) is 17.3 Å². The van der Waals surface area contributed by atoms with Gasteiger partial charge in [0.05, 0.1) is 0 Å². The third kappa shape index (κ3) is 6.28. The molecule has 3 aliphatic rings. The number of alkyl halides is 3. The minimum Gasteiger partial charge on any atom is -0.501 e.